The summed E-state index contributed by atoms with van der Waals surface area (Å²) in [5.41, 5.74) is -1.65. The molecule has 114 valence electrons. The summed E-state index contributed by atoms with van der Waals surface area (Å²) in [6, 6.07) is 4.25. The summed E-state index contributed by atoms with van der Waals surface area (Å²) >= 11 is 3.09. The van der Waals surface area contributed by atoms with Gasteiger partial charge in [-0.1, -0.05) is 12.1 Å². The topological polar surface area (TPSA) is 107 Å². The predicted octanol–water partition coefficient (Wildman–Crippen LogP) is 2.55. The second-order valence-electron chi connectivity index (χ2n) is 4.54. The number of benzene rings is 1. The molecule has 0 spiro atoms. The molecule has 0 saturated heterocycles. The van der Waals surface area contributed by atoms with E-state index in [2.05, 4.69) is 15.9 Å². The van der Waals surface area contributed by atoms with E-state index < -0.39 is 22.3 Å². The molecule has 1 aromatic rings. The van der Waals surface area contributed by atoms with Crippen LogP contribution in [0, 0.1) is 15.5 Å². The number of carbonyl (C=O) groups is 2. The number of ether oxygens (including phenoxy) is 1. The molecule has 0 aliphatic carbocycles. The molecule has 1 N–H and O–H groups in total. The van der Waals surface area contributed by atoms with Crippen molar-refractivity contribution in [3.8, 4) is 0 Å². The SMILES string of the molecule is CCOC(=O)C(C)(Cc1cccc([N+](=O)[O-])c1Br)C(=O)O. The predicted molar refractivity (Wildman–Crippen MR) is 76.9 cm³/mol. The van der Waals surface area contributed by atoms with Crippen molar-refractivity contribution >= 4 is 33.6 Å². The third-order valence-electron chi connectivity index (χ3n) is 3.00. The molecule has 0 fully saturated rings. The number of nitro groups is 1. The molecule has 21 heavy (non-hydrogen) atoms. The number of carbonyl (C=O) groups excluding carboxylic acids is 1. The minimum Gasteiger partial charge on any atom is -0.480 e. The molecule has 8 heteroatoms. The maximum absolute atomic E-state index is 11.9. The first-order valence-electron chi connectivity index (χ1n) is 6.06. The summed E-state index contributed by atoms with van der Waals surface area (Å²) in [6.07, 6.45) is -0.219. The van der Waals surface area contributed by atoms with Gasteiger partial charge in [0.1, 0.15) is 0 Å². The number of aliphatic carboxylic acids is 1. The average Bonchev–Trinajstić information content (AvgIpc) is 2.40. The molecular formula is C13H14BrNO6. The van der Waals surface area contributed by atoms with Crippen molar-refractivity contribution in [1.82, 2.24) is 0 Å². The molecule has 0 aliphatic heterocycles. The molecule has 7 nitrogen and oxygen atoms in total. The van der Waals surface area contributed by atoms with E-state index in [1.807, 2.05) is 0 Å². The quantitative estimate of drug-likeness (QED) is 0.362. The van der Waals surface area contributed by atoms with E-state index in [0.717, 1.165) is 0 Å². The van der Waals surface area contributed by atoms with Crippen LogP contribution < -0.4 is 0 Å². The Morgan fingerprint density at radius 1 is 1.48 bits per heavy atom. The van der Waals surface area contributed by atoms with Gasteiger partial charge in [0.25, 0.3) is 5.69 Å². The van der Waals surface area contributed by atoms with Crippen molar-refractivity contribution in [1.29, 1.82) is 0 Å². The first-order chi connectivity index (χ1) is 9.74. The van der Waals surface area contributed by atoms with Crippen molar-refractivity contribution in [2.75, 3.05) is 6.61 Å². The van der Waals surface area contributed by atoms with E-state index >= 15 is 0 Å². The molecule has 1 atom stereocenters. The molecule has 0 amide bonds. The Labute approximate surface area is 129 Å². The van der Waals surface area contributed by atoms with Gasteiger partial charge in [0.2, 0.25) is 0 Å². The molecule has 0 aromatic heterocycles. The summed E-state index contributed by atoms with van der Waals surface area (Å²) in [5.74, 6) is -2.23. The second-order valence-corrected chi connectivity index (χ2v) is 5.33. The summed E-state index contributed by atoms with van der Waals surface area (Å²) in [7, 11) is 0. The number of hydrogen-bond acceptors (Lipinski definition) is 5. The number of hydrogen-bond donors (Lipinski definition) is 1. The van der Waals surface area contributed by atoms with Gasteiger partial charge in [-0.15, -0.1) is 0 Å². The van der Waals surface area contributed by atoms with Gasteiger partial charge in [0.05, 0.1) is 16.0 Å². The van der Waals surface area contributed by atoms with E-state index in [9.17, 15) is 24.8 Å². The van der Waals surface area contributed by atoms with Gasteiger partial charge in [-0.05, 0) is 35.3 Å². The Morgan fingerprint density at radius 2 is 2.10 bits per heavy atom. The second kappa shape index (κ2) is 6.66. The minimum absolute atomic E-state index is 0.0534. The molecule has 0 heterocycles. The minimum atomic E-state index is -1.81. The lowest BCUT2D eigenvalue weighted by molar-refractivity contribution is -0.385. The highest BCUT2D eigenvalue weighted by Gasteiger charge is 2.43. The highest BCUT2D eigenvalue weighted by atomic mass is 79.9. The van der Waals surface area contributed by atoms with Gasteiger partial charge in [0, 0.05) is 12.5 Å². The van der Waals surface area contributed by atoms with E-state index in [4.69, 9.17) is 4.74 Å². The number of carboxylic acids is 1. The Kier molecular flexibility index (Phi) is 5.42. The Morgan fingerprint density at radius 3 is 2.57 bits per heavy atom. The van der Waals surface area contributed by atoms with Crippen LogP contribution in [0.2, 0.25) is 0 Å². The van der Waals surface area contributed by atoms with Crippen LogP contribution in [0.25, 0.3) is 0 Å². The zero-order valence-electron chi connectivity index (χ0n) is 11.5. The fourth-order valence-electron chi connectivity index (χ4n) is 1.75. The van der Waals surface area contributed by atoms with Crippen LogP contribution in [0.1, 0.15) is 19.4 Å². The van der Waals surface area contributed by atoms with Gasteiger partial charge in [-0.25, -0.2) is 0 Å². The van der Waals surface area contributed by atoms with Crippen molar-refractivity contribution in [2.45, 2.75) is 20.3 Å². The van der Waals surface area contributed by atoms with Crippen LogP contribution in [-0.2, 0) is 20.7 Å². The average molecular weight is 360 g/mol. The molecule has 0 radical (unpaired) electrons. The number of rotatable bonds is 6. The normalized spacial score (nSPS) is 13.3. The Balaban J connectivity index is 3.23. The van der Waals surface area contributed by atoms with E-state index in [0.29, 0.717) is 5.56 Å². The van der Waals surface area contributed by atoms with Crippen molar-refractivity contribution < 1.29 is 24.4 Å². The number of nitrogens with zero attached hydrogens (tertiary/aromatic N) is 1. The van der Waals surface area contributed by atoms with Crippen molar-refractivity contribution in [3.63, 3.8) is 0 Å². The lowest BCUT2D eigenvalue weighted by atomic mass is 9.83. The van der Waals surface area contributed by atoms with Crippen LogP contribution in [0.15, 0.2) is 22.7 Å². The van der Waals surface area contributed by atoms with Crippen molar-refractivity contribution in [3.05, 3.63) is 38.3 Å². The molecule has 0 saturated carbocycles. The van der Waals surface area contributed by atoms with Crippen LogP contribution >= 0.6 is 15.9 Å². The lowest BCUT2D eigenvalue weighted by Gasteiger charge is -2.23. The largest absolute Gasteiger partial charge is 0.480 e. The van der Waals surface area contributed by atoms with Crippen LogP contribution in [0.3, 0.4) is 0 Å². The monoisotopic (exact) mass is 359 g/mol. The number of esters is 1. The third kappa shape index (κ3) is 3.57. The third-order valence-corrected chi connectivity index (χ3v) is 3.91. The van der Waals surface area contributed by atoms with E-state index in [-0.39, 0.29) is 23.2 Å². The van der Waals surface area contributed by atoms with Crippen molar-refractivity contribution in [2.24, 2.45) is 5.41 Å². The summed E-state index contributed by atoms with van der Waals surface area (Å²) in [5, 5.41) is 20.2. The molecule has 1 aromatic carbocycles. The fourth-order valence-corrected chi connectivity index (χ4v) is 2.30. The molecule has 1 unspecified atom stereocenters. The Hall–Kier alpha value is -1.96. The molecular weight excluding hydrogens is 346 g/mol. The van der Waals surface area contributed by atoms with E-state index in [1.165, 1.54) is 25.1 Å². The number of nitro benzene ring substituents is 1. The first kappa shape index (κ1) is 17.1. The maximum Gasteiger partial charge on any atom is 0.323 e. The summed E-state index contributed by atoms with van der Waals surface area (Å²) < 4.78 is 4.95. The smallest absolute Gasteiger partial charge is 0.323 e. The molecule has 0 bridgehead atoms. The lowest BCUT2D eigenvalue weighted by Crippen LogP contribution is -2.40. The maximum atomic E-state index is 11.9. The first-order valence-corrected chi connectivity index (χ1v) is 6.85. The van der Waals surface area contributed by atoms with Crippen LogP contribution in [0.4, 0.5) is 5.69 Å². The molecule has 0 aliphatic rings. The van der Waals surface area contributed by atoms with Crippen LogP contribution in [0.5, 0.6) is 0 Å². The van der Waals surface area contributed by atoms with Gasteiger partial charge >= 0.3 is 11.9 Å². The number of carboxylic acid groups (broad SMARTS) is 1. The van der Waals surface area contributed by atoms with Gasteiger partial charge < -0.3 is 9.84 Å². The summed E-state index contributed by atoms with van der Waals surface area (Å²) in [4.78, 5) is 33.6. The standard InChI is InChI=1S/C13H14BrNO6/c1-3-21-12(18)13(2,11(16)17)7-8-5-4-6-9(10(8)14)15(19)20/h4-6H,3,7H2,1-2H3,(H,16,17). The fraction of sp³-hybridized carbons (Fsp3) is 0.385. The number of halogens is 1. The van der Waals surface area contributed by atoms with Gasteiger partial charge in [0.15, 0.2) is 5.41 Å². The highest BCUT2D eigenvalue weighted by Crippen LogP contribution is 2.33. The zero-order chi connectivity index (χ0) is 16.2. The summed E-state index contributed by atoms with van der Waals surface area (Å²) in [6.45, 7) is 2.86. The Bertz CT molecular complexity index is 588. The van der Waals surface area contributed by atoms with Gasteiger partial charge in [-0.3, -0.25) is 19.7 Å². The zero-order valence-corrected chi connectivity index (χ0v) is 13.0. The molecule has 1 rings (SSSR count). The van der Waals surface area contributed by atoms with Gasteiger partial charge in [-0.2, -0.15) is 0 Å². The van der Waals surface area contributed by atoms with E-state index in [1.54, 1.807) is 6.92 Å². The van der Waals surface area contributed by atoms with Crippen LogP contribution in [-0.4, -0.2) is 28.6 Å². The highest BCUT2D eigenvalue weighted by molar-refractivity contribution is 9.10.